The molecule has 5 heteroatoms. The summed E-state index contributed by atoms with van der Waals surface area (Å²) in [6, 6.07) is 4.23. The van der Waals surface area contributed by atoms with Gasteiger partial charge in [0.05, 0.1) is 6.04 Å². The highest BCUT2D eigenvalue weighted by atomic mass is 32.1. The Hall–Kier alpha value is -1.49. The number of aromatic nitrogens is 3. The lowest BCUT2D eigenvalue weighted by molar-refractivity contribution is 0.627. The molecule has 0 radical (unpaired) electrons. The normalized spacial score (nSPS) is 12.7. The standard InChI is InChI=1S/C13H18N4S/c1-9(2)8-12-16-13(18-17-12)15-10(3)11-4-6-14-7-5-11/h4-7,9-10H,8H2,1-3H3,(H,15,16,17)/t10-/m1/s1. The van der Waals surface area contributed by atoms with Crippen LogP contribution in [-0.2, 0) is 6.42 Å². The SMILES string of the molecule is CC(C)Cc1nsc(N[C@H](C)c2ccncc2)n1. The van der Waals surface area contributed by atoms with Crippen LogP contribution in [0, 0.1) is 5.92 Å². The van der Waals surface area contributed by atoms with E-state index in [0.717, 1.165) is 17.4 Å². The third-order valence-corrected chi connectivity index (χ3v) is 3.29. The number of nitrogens with zero attached hydrogens (tertiary/aromatic N) is 3. The Kier molecular flexibility index (Phi) is 4.25. The van der Waals surface area contributed by atoms with Gasteiger partial charge in [-0.3, -0.25) is 4.98 Å². The van der Waals surface area contributed by atoms with Crippen LogP contribution in [0.5, 0.6) is 0 Å². The number of nitrogens with one attached hydrogen (secondary N) is 1. The van der Waals surface area contributed by atoms with Crippen LogP contribution in [-0.4, -0.2) is 14.3 Å². The van der Waals surface area contributed by atoms with Crippen LogP contribution in [0.3, 0.4) is 0 Å². The summed E-state index contributed by atoms with van der Waals surface area (Å²) in [4.78, 5) is 8.52. The van der Waals surface area contributed by atoms with Crippen molar-refractivity contribution in [2.75, 3.05) is 5.32 Å². The minimum atomic E-state index is 0.216. The maximum Gasteiger partial charge on any atom is 0.203 e. The number of rotatable bonds is 5. The summed E-state index contributed by atoms with van der Waals surface area (Å²) in [5.41, 5.74) is 1.20. The van der Waals surface area contributed by atoms with Crippen LogP contribution in [0.4, 0.5) is 5.13 Å². The average Bonchev–Trinajstić information content (AvgIpc) is 2.76. The van der Waals surface area contributed by atoms with Gasteiger partial charge in [-0.1, -0.05) is 13.8 Å². The van der Waals surface area contributed by atoms with Crippen LogP contribution in [0.25, 0.3) is 0 Å². The van der Waals surface area contributed by atoms with E-state index in [2.05, 4.69) is 40.4 Å². The van der Waals surface area contributed by atoms with Gasteiger partial charge >= 0.3 is 0 Å². The molecule has 2 aromatic rings. The molecular formula is C13H18N4S. The van der Waals surface area contributed by atoms with Gasteiger partial charge in [0.15, 0.2) is 0 Å². The van der Waals surface area contributed by atoms with Crippen molar-refractivity contribution in [3.05, 3.63) is 35.9 Å². The summed E-state index contributed by atoms with van der Waals surface area (Å²) < 4.78 is 4.36. The maximum absolute atomic E-state index is 4.50. The zero-order chi connectivity index (χ0) is 13.0. The quantitative estimate of drug-likeness (QED) is 0.898. The van der Waals surface area contributed by atoms with E-state index >= 15 is 0 Å². The van der Waals surface area contributed by atoms with Gasteiger partial charge in [-0.25, -0.2) is 4.98 Å². The largest absolute Gasteiger partial charge is 0.354 e. The molecule has 96 valence electrons. The highest BCUT2D eigenvalue weighted by Crippen LogP contribution is 2.20. The number of pyridine rings is 1. The van der Waals surface area contributed by atoms with Gasteiger partial charge in [0.1, 0.15) is 5.82 Å². The molecule has 0 spiro atoms. The molecule has 1 N–H and O–H groups in total. The molecule has 0 aliphatic rings. The Morgan fingerprint density at radius 1 is 1.22 bits per heavy atom. The van der Waals surface area contributed by atoms with Crippen molar-refractivity contribution in [2.24, 2.45) is 5.92 Å². The topological polar surface area (TPSA) is 50.7 Å². The van der Waals surface area contributed by atoms with Gasteiger partial charge in [0, 0.05) is 30.3 Å². The average molecular weight is 262 g/mol. The molecule has 1 atom stereocenters. The van der Waals surface area contributed by atoms with Gasteiger partial charge < -0.3 is 5.32 Å². The summed E-state index contributed by atoms with van der Waals surface area (Å²) in [5, 5.41) is 4.25. The maximum atomic E-state index is 4.50. The van der Waals surface area contributed by atoms with Crippen molar-refractivity contribution in [3.63, 3.8) is 0 Å². The molecule has 0 saturated heterocycles. The van der Waals surface area contributed by atoms with Gasteiger partial charge in [-0.15, -0.1) is 0 Å². The molecule has 4 nitrogen and oxygen atoms in total. The fourth-order valence-electron chi connectivity index (χ4n) is 1.68. The van der Waals surface area contributed by atoms with E-state index < -0.39 is 0 Å². The lowest BCUT2D eigenvalue weighted by atomic mass is 10.1. The first-order valence-electron chi connectivity index (χ1n) is 6.14. The summed E-state index contributed by atoms with van der Waals surface area (Å²) in [5.74, 6) is 1.52. The van der Waals surface area contributed by atoms with E-state index in [1.807, 2.05) is 12.1 Å². The molecule has 0 aromatic carbocycles. The summed E-state index contributed by atoms with van der Waals surface area (Å²) in [6.45, 7) is 6.46. The Bertz CT molecular complexity index is 481. The Balaban J connectivity index is 1.99. The molecule has 0 unspecified atom stereocenters. The Morgan fingerprint density at radius 2 is 1.94 bits per heavy atom. The third kappa shape index (κ3) is 3.50. The summed E-state index contributed by atoms with van der Waals surface area (Å²) in [6.07, 6.45) is 4.54. The van der Waals surface area contributed by atoms with Crippen molar-refractivity contribution in [1.82, 2.24) is 14.3 Å². The van der Waals surface area contributed by atoms with Crippen LogP contribution in [0.15, 0.2) is 24.5 Å². The smallest absolute Gasteiger partial charge is 0.203 e. The van der Waals surface area contributed by atoms with Gasteiger partial charge in [0.2, 0.25) is 5.13 Å². The molecule has 0 bridgehead atoms. The van der Waals surface area contributed by atoms with Crippen LogP contribution < -0.4 is 5.32 Å². The number of hydrogen-bond donors (Lipinski definition) is 1. The number of anilines is 1. The molecule has 2 heterocycles. The molecule has 2 aromatic heterocycles. The first-order valence-corrected chi connectivity index (χ1v) is 6.91. The molecule has 0 amide bonds. The predicted molar refractivity (Wildman–Crippen MR) is 74.7 cm³/mol. The third-order valence-electron chi connectivity index (χ3n) is 2.60. The number of hydrogen-bond acceptors (Lipinski definition) is 5. The first kappa shape index (κ1) is 13.0. The second kappa shape index (κ2) is 5.91. The van der Waals surface area contributed by atoms with Gasteiger partial charge in [-0.05, 0) is 30.5 Å². The van der Waals surface area contributed by atoms with E-state index in [1.165, 1.54) is 17.1 Å². The molecular weight excluding hydrogens is 244 g/mol. The van der Waals surface area contributed by atoms with E-state index in [-0.39, 0.29) is 6.04 Å². The zero-order valence-corrected chi connectivity index (χ0v) is 11.7. The summed E-state index contributed by atoms with van der Waals surface area (Å²) >= 11 is 1.43. The van der Waals surface area contributed by atoms with Crippen LogP contribution >= 0.6 is 11.5 Å². The molecule has 2 rings (SSSR count). The van der Waals surface area contributed by atoms with E-state index in [1.54, 1.807) is 12.4 Å². The molecule has 0 aliphatic carbocycles. The molecule has 18 heavy (non-hydrogen) atoms. The first-order chi connectivity index (χ1) is 8.65. The van der Waals surface area contributed by atoms with Crippen molar-refractivity contribution in [3.8, 4) is 0 Å². The van der Waals surface area contributed by atoms with E-state index in [9.17, 15) is 0 Å². The fourth-order valence-corrected chi connectivity index (χ4v) is 2.36. The van der Waals surface area contributed by atoms with Crippen LogP contribution in [0.1, 0.15) is 38.2 Å². The second-order valence-corrected chi connectivity index (χ2v) is 5.51. The summed E-state index contributed by atoms with van der Waals surface area (Å²) in [7, 11) is 0. The van der Waals surface area contributed by atoms with Gasteiger partial charge in [0.25, 0.3) is 0 Å². The lowest BCUT2D eigenvalue weighted by Gasteiger charge is -2.12. The molecule has 0 saturated carbocycles. The second-order valence-electron chi connectivity index (χ2n) is 4.76. The highest BCUT2D eigenvalue weighted by Gasteiger charge is 2.09. The van der Waals surface area contributed by atoms with E-state index in [4.69, 9.17) is 0 Å². The lowest BCUT2D eigenvalue weighted by Crippen LogP contribution is -2.06. The highest BCUT2D eigenvalue weighted by molar-refractivity contribution is 7.09. The minimum absolute atomic E-state index is 0.216. The van der Waals surface area contributed by atoms with E-state index in [0.29, 0.717) is 5.92 Å². The Morgan fingerprint density at radius 3 is 2.61 bits per heavy atom. The zero-order valence-electron chi connectivity index (χ0n) is 10.9. The fraction of sp³-hybridized carbons (Fsp3) is 0.462. The molecule has 0 aliphatic heterocycles. The monoisotopic (exact) mass is 262 g/mol. The predicted octanol–water partition coefficient (Wildman–Crippen LogP) is 3.30. The van der Waals surface area contributed by atoms with Crippen molar-refractivity contribution < 1.29 is 0 Å². The van der Waals surface area contributed by atoms with Crippen molar-refractivity contribution >= 4 is 16.7 Å². The van der Waals surface area contributed by atoms with Crippen molar-refractivity contribution in [1.29, 1.82) is 0 Å². The Labute approximate surface area is 112 Å². The van der Waals surface area contributed by atoms with Gasteiger partial charge in [-0.2, -0.15) is 4.37 Å². The van der Waals surface area contributed by atoms with Crippen molar-refractivity contribution in [2.45, 2.75) is 33.2 Å². The minimum Gasteiger partial charge on any atom is -0.354 e. The van der Waals surface area contributed by atoms with Crippen LogP contribution in [0.2, 0.25) is 0 Å². The molecule has 0 fully saturated rings.